The highest BCUT2D eigenvalue weighted by molar-refractivity contribution is 4.95. The molecule has 0 radical (unpaired) electrons. The summed E-state index contributed by atoms with van der Waals surface area (Å²) in [7, 11) is 0. The van der Waals surface area contributed by atoms with Gasteiger partial charge in [-0.05, 0) is 25.2 Å². The zero-order valence-electron chi connectivity index (χ0n) is 11.1. The van der Waals surface area contributed by atoms with Gasteiger partial charge in [-0.15, -0.1) is 0 Å². The van der Waals surface area contributed by atoms with Gasteiger partial charge in [-0.2, -0.15) is 0 Å². The molecular formula is C13H26N2O. The molecule has 4 unspecified atom stereocenters. The zero-order valence-corrected chi connectivity index (χ0v) is 11.1. The van der Waals surface area contributed by atoms with Crippen LogP contribution in [0.1, 0.15) is 40.5 Å². The minimum atomic E-state index is 0.220. The van der Waals surface area contributed by atoms with Crippen LogP contribution in [0, 0.1) is 5.41 Å². The third-order valence-corrected chi connectivity index (χ3v) is 3.85. The first-order valence-corrected chi connectivity index (χ1v) is 6.53. The predicted molar refractivity (Wildman–Crippen MR) is 66.4 cm³/mol. The average molecular weight is 226 g/mol. The number of hydrogen-bond acceptors (Lipinski definition) is 3. The van der Waals surface area contributed by atoms with E-state index in [-0.39, 0.29) is 11.5 Å². The molecular weight excluding hydrogens is 200 g/mol. The summed E-state index contributed by atoms with van der Waals surface area (Å²) in [5.74, 6) is 0. The molecule has 2 rings (SSSR count). The van der Waals surface area contributed by atoms with E-state index >= 15 is 0 Å². The molecule has 2 aliphatic rings. The number of nitrogens with two attached hydrogens (primary N) is 1. The Kier molecular flexibility index (Phi) is 3.30. The van der Waals surface area contributed by atoms with Gasteiger partial charge in [0.1, 0.15) is 0 Å². The van der Waals surface area contributed by atoms with Gasteiger partial charge < -0.3 is 10.5 Å². The maximum atomic E-state index is 6.18. The minimum Gasteiger partial charge on any atom is -0.372 e. The molecule has 4 atom stereocenters. The fourth-order valence-electron chi connectivity index (χ4n) is 3.54. The Labute approximate surface area is 99.3 Å². The van der Waals surface area contributed by atoms with Gasteiger partial charge in [-0.25, -0.2) is 0 Å². The molecule has 3 nitrogen and oxygen atoms in total. The summed E-state index contributed by atoms with van der Waals surface area (Å²) in [5, 5.41) is 0. The first-order valence-electron chi connectivity index (χ1n) is 6.53. The van der Waals surface area contributed by atoms with Crippen LogP contribution in [0.3, 0.4) is 0 Å². The van der Waals surface area contributed by atoms with Crippen LogP contribution >= 0.6 is 0 Å². The van der Waals surface area contributed by atoms with Gasteiger partial charge in [0.2, 0.25) is 0 Å². The highest BCUT2D eigenvalue weighted by Crippen LogP contribution is 2.33. The first-order chi connectivity index (χ1) is 7.38. The van der Waals surface area contributed by atoms with Gasteiger partial charge in [-0.3, -0.25) is 4.90 Å². The van der Waals surface area contributed by atoms with Crippen molar-refractivity contribution >= 4 is 0 Å². The van der Waals surface area contributed by atoms with Crippen molar-refractivity contribution in [2.45, 2.75) is 64.8 Å². The largest absolute Gasteiger partial charge is 0.372 e. The Bertz CT molecular complexity index is 235. The Morgan fingerprint density at radius 1 is 1.19 bits per heavy atom. The highest BCUT2D eigenvalue weighted by atomic mass is 16.5. The van der Waals surface area contributed by atoms with Gasteiger partial charge in [0.05, 0.1) is 12.2 Å². The van der Waals surface area contributed by atoms with Crippen molar-refractivity contribution in [1.82, 2.24) is 4.90 Å². The SMILES string of the molecule is CC(N)C(N1CC2CCC(C1)O2)C(C)(C)C. The van der Waals surface area contributed by atoms with E-state index in [4.69, 9.17) is 10.5 Å². The molecule has 2 N–H and O–H groups in total. The second-order valence-corrected chi connectivity index (χ2v) is 6.58. The zero-order chi connectivity index (χ0) is 11.9. The number of hydrogen-bond donors (Lipinski definition) is 1. The van der Waals surface area contributed by atoms with E-state index in [9.17, 15) is 0 Å². The molecule has 2 saturated heterocycles. The van der Waals surface area contributed by atoms with Crippen molar-refractivity contribution in [3.63, 3.8) is 0 Å². The topological polar surface area (TPSA) is 38.5 Å². The maximum absolute atomic E-state index is 6.18. The molecule has 0 aromatic heterocycles. The third-order valence-electron chi connectivity index (χ3n) is 3.85. The lowest BCUT2D eigenvalue weighted by atomic mass is 9.81. The van der Waals surface area contributed by atoms with E-state index in [1.54, 1.807) is 0 Å². The molecule has 0 aliphatic carbocycles. The molecule has 2 heterocycles. The van der Waals surface area contributed by atoms with E-state index in [0.29, 0.717) is 18.2 Å². The molecule has 3 heteroatoms. The minimum absolute atomic E-state index is 0.220. The molecule has 16 heavy (non-hydrogen) atoms. The fraction of sp³-hybridized carbons (Fsp3) is 1.00. The quantitative estimate of drug-likeness (QED) is 0.777. The van der Waals surface area contributed by atoms with Crippen LogP contribution in [-0.2, 0) is 4.74 Å². The van der Waals surface area contributed by atoms with Crippen molar-refractivity contribution in [1.29, 1.82) is 0 Å². The van der Waals surface area contributed by atoms with Crippen LogP contribution in [0.5, 0.6) is 0 Å². The molecule has 0 amide bonds. The molecule has 0 aromatic rings. The summed E-state index contributed by atoms with van der Waals surface area (Å²) >= 11 is 0. The number of nitrogens with zero attached hydrogens (tertiary/aromatic N) is 1. The Morgan fingerprint density at radius 2 is 1.69 bits per heavy atom. The van der Waals surface area contributed by atoms with Crippen LogP contribution in [0.15, 0.2) is 0 Å². The maximum Gasteiger partial charge on any atom is 0.0707 e. The summed E-state index contributed by atoms with van der Waals surface area (Å²) in [5.41, 5.74) is 6.42. The number of morpholine rings is 1. The Morgan fingerprint density at radius 3 is 2.06 bits per heavy atom. The van der Waals surface area contributed by atoms with E-state index in [2.05, 4.69) is 32.6 Å². The first kappa shape index (κ1) is 12.3. The summed E-state index contributed by atoms with van der Waals surface area (Å²) in [6.45, 7) is 11.1. The van der Waals surface area contributed by atoms with Crippen LogP contribution in [0.4, 0.5) is 0 Å². The number of rotatable bonds is 2. The van der Waals surface area contributed by atoms with E-state index in [1.165, 1.54) is 12.8 Å². The van der Waals surface area contributed by atoms with Crippen LogP contribution in [0.25, 0.3) is 0 Å². The Hall–Kier alpha value is -0.120. The van der Waals surface area contributed by atoms with Gasteiger partial charge in [-0.1, -0.05) is 20.8 Å². The highest BCUT2D eigenvalue weighted by Gasteiger charge is 2.41. The van der Waals surface area contributed by atoms with Crippen molar-refractivity contribution < 1.29 is 4.74 Å². The number of likely N-dealkylation sites (tertiary alicyclic amines) is 1. The van der Waals surface area contributed by atoms with Crippen molar-refractivity contribution in [3.05, 3.63) is 0 Å². The van der Waals surface area contributed by atoms with E-state index in [0.717, 1.165) is 13.1 Å². The van der Waals surface area contributed by atoms with Gasteiger partial charge >= 0.3 is 0 Å². The van der Waals surface area contributed by atoms with Crippen molar-refractivity contribution in [2.75, 3.05) is 13.1 Å². The van der Waals surface area contributed by atoms with Crippen LogP contribution < -0.4 is 5.73 Å². The lowest BCUT2D eigenvalue weighted by molar-refractivity contribution is -0.0722. The molecule has 0 spiro atoms. The fourth-order valence-corrected chi connectivity index (χ4v) is 3.54. The lowest BCUT2D eigenvalue weighted by Crippen LogP contribution is -2.58. The van der Waals surface area contributed by atoms with Gasteiger partial charge in [0.15, 0.2) is 0 Å². The monoisotopic (exact) mass is 226 g/mol. The van der Waals surface area contributed by atoms with Crippen LogP contribution in [0.2, 0.25) is 0 Å². The van der Waals surface area contributed by atoms with Crippen LogP contribution in [-0.4, -0.2) is 42.3 Å². The number of fused-ring (bicyclic) bond motifs is 2. The summed E-state index contributed by atoms with van der Waals surface area (Å²) < 4.78 is 5.89. The molecule has 2 bridgehead atoms. The standard InChI is InChI=1S/C13H26N2O/c1-9(14)12(13(2,3)4)15-7-10-5-6-11(8-15)16-10/h9-12H,5-8,14H2,1-4H3. The Balaban J connectivity index is 2.09. The molecule has 2 aliphatic heterocycles. The smallest absolute Gasteiger partial charge is 0.0707 e. The van der Waals surface area contributed by atoms with Gasteiger partial charge in [0.25, 0.3) is 0 Å². The second kappa shape index (κ2) is 4.28. The molecule has 0 aromatic carbocycles. The average Bonchev–Trinajstić information content (AvgIpc) is 2.42. The van der Waals surface area contributed by atoms with E-state index < -0.39 is 0 Å². The van der Waals surface area contributed by atoms with Gasteiger partial charge in [0, 0.05) is 25.2 Å². The molecule has 0 saturated carbocycles. The summed E-state index contributed by atoms with van der Waals surface area (Å²) in [6, 6.07) is 0.678. The summed E-state index contributed by atoms with van der Waals surface area (Å²) in [6.07, 6.45) is 3.39. The normalized spacial score (nSPS) is 35.1. The number of ether oxygens (including phenoxy) is 1. The van der Waals surface area contributed by atoms with Crippen molar-refractivity contribution in [3.8, 4) is 0 Å². The summed E-state index contributed by atoms with van der Waals surface area (Å²) in [4.78, 5) is 2.57. The second-order valence-electron chi connectivity index (χ2n) is 6.58. The molecule has 2 fully saturated rings. The predicted octanol–water partition coefficient (Wildman–Crippen LogP) is 1.61. The van der Waals surface area contributed by atoms with E-state index in [1.807, 2.05) is 0 Å². The molecule has 94 valence electrons. The van der Waals surface area contributed by atoms with Crippen molar-refractivity contribution in [2.24, 2.45) is 11.1 Å². The lowest BCUT2D eigenvalue weighted by Gasteiger charge is -2.46. The third kappa shape index (κ3) is 2.41.